The van der Waals surface area contributed by atoms with Crippen molar-refractivity contribution in [3.05, 3.63) is 52.6 Å². The summed E-state index contributed by atoms with van der Waals surface area (Å²) in [7, 11) is -8.69. The highest BCUT2D eigenvalue weighted by molar-refractivity contribution is 7.86. The largest absolute Gasteiger partial charge is 0.398 e. The minimum absolute atomic E-state index is 0.136. The van der Waals surface area contributed by atoms with E-state index in [1.165, 1.54) is 19.1 Å². The van der Waals surface area contributed by atoms with Crippen LogP contribution in [-0.2, 0) is 20.2 Å². The summed E-state index contributed by atoms with van der Waals surface area (Å²) in [5.41, 5.74) is 7.68. The third-order valence-corrected chi connectivity index (χ3v) is 5.60. The fourth-order valence-corrected chi connectivity index (χ4v) is 3.83. The molecule has 4 N–H and O–H groups in total. The molecule has 0 aromatic heterocycles. The van der Waals surface area contributed by atoms with Crippen molar-refractivity contribution in [3.8, 4) is 0 Å². The van der Waals surface area contributed by atoms with Gasteiger partial charge in [-0.05, 0) is 54.3 Å². The van der Waals surface area contributed by atoms with Crippen LogP contribution in [0.5, 0.6) is 0 Å². The predicted octanol–water partition coefficient (Wildman–Crippen LogP) is 2.55. The smallest absolute Gasteiger partial charge is 0.294 e. The van der Waals surface area contributed by atoms with Crippen LogP contribution >= 0.6 is 0 Å². The van der Waals surface area contributed by atoms with Crippen LogP contribution in [0.1, 0.15) is 22.3 Å². The maximum absolute atomic E-state index is 11.3. The van der Waals surface area contributed by atoms with Gasteiger partial charge in [0.2, 0.25) is 0 Å². The average molecular weight is 383 g/mol. The molecule has 0 fully saturated rings. The summed E-state index contributed by atoms with van der Waals surface area (Å²) in [6, 6.07) is 7.18. The molecule has 0 bridgehead atoms. The van der Waals surface area contributed by atoms with Gasteiger partial charge in [0.1, 0.15) is 0 Å². The van der Waals surface area contributed by atoms with E-state index in [4.69, 9.17) is 10.3 Å². The van der Waals surface area contributed by atoms with Gasteiger partial charge in [-0.1, -0.05) is 24.3 Å². The molecule has 0 unspecified atom stereocenters. The van der Waals surface area contributed by atoms with E-state index in [0.29, 0.717) is 22.3 Å². The Bertz CT molecular complexity index is 1070. The molecule has 0 saturated heterocycles. The van der Waals surface area contributed by atoms with Gasteiger partial charge in [-0.25, -0.2) is 0 Å². The fraction of sp³-hybridized carbons (Fsp3) is 0.125. The number of hydrogen-bond donors (Lipinski definition) is 3. The molecular formula is C16H17NO6S2. The van der Waals surface area contributed by atoms with Crippen molar-refractivity contribution in [2.45, 2.75) is 23.6 Å². The molecule has 0 aliphatic rings. The summed E-state index contributed by atoms with van der Waals surface area (Å²) in [5.74, 6) is 0. The number of nitrogen functional groups attached to an aromatic ring is 1. The fourth-order valence-electron chi connectivity index (χ4n) is 2.33. The molecule has 2 aromatic carbocycles. The predicted molar refractivity (Wildman–Crippen MR) is 95.3 cm³/mol. The van der Waals surface area contributed by atoms with Crippen molar-refractivity contribution in [1.29, 1.82) is 0 Å². The monoisotopic (exact) mass is 383 g/mol. The molecule has 25 heavy (non-hydrogen) atoms. The van der Waals surface area contributed by atoms with Crippen LogP contribution in [0.15, 0.2) is 40.1 Å². The molecule has 0 aliphatic heterocycles. The lowest BCUT2D eigenvalue weighted by atomic mass is 10.1. The van der Waals surface area contributed by atoms with Crippen LogP contribution in [0.3, 0.4) is 0 Å². The molecule has 9 heteroatoms. The third-order valence-electron chi connectivity index (χ3n) is 3.60. The maximum Gasteiger partial charge on any atom is 0.294 e. The van der Waals surface area contributed by atoms with Crippen LogP contribution in [0, 0.1) is 13.8 Å². The molecule has 0 amide bonds. The SMILES string of the molecule is Cc1ccc(/C=C/c2cc(C)c(S(=O)(=O)O)cc2N)cc1S(=O)(=O)O. The Morgan fingerprint density at radius 3 is 1.96 bits per heavy atom. The standard InChI is InChI=1S/C16H17NO6S2/c1-10-3-4-12(8-15(10)24(18,19)20)5-6-13-7-11(2)16(9-14(13)17)25(21,22)23/h3-9H,17H2,1-2H3,(H,18,19,20)(H,21,22,23)/b6-5+. The van der Waals surface area contributed by atoms with E-state index in [1.54, 1.807) is 31.2 Å². The molecular weight excluding hydrogens is 366 g/mol. The van der Waals surface area contributed by atoms with E-state index in [1.807, 2.05) is 0 Å². The summed E-state index contributed by atoms with van der Waals surface area (Å²) in [6.07, 6.45) is 3.15. The first-order chi connectivity index (χ1) is 11.4. The zero-order valence-electron chi connectivity index (χ0n) is 13.5. The molecule has 134 valence electrons. The zero-order valence-corrected chi connectivity index (χ0v) is 15.1. The Morgan fingerprint density at radius 1 is 0.840 bits per heavy atom. The van der Waals surface area contributed by atoms with Gasteiger partial charge in [0.15, 0.2) is 0 Å². The maximum atomic E-state index is 11.3. The molecule has 2 aromatic rings. The van der Waals surface area contributed by atoms with E-state index in [2.05, 4.69) is 0 Å². The number of benzene rings is 2. The topological polar surface area (TPSA) is 135 Å². The normalized spacial score (nSPS) is 12.6. The molecule has 0 atom stereocenters. The summed E-state index contributed by atoms with van der Waals surface area (Å²) < 4.78 is 63.6. The molecule has 7 nitrogen and oxygen atoms in total. The average Bonchev–Trinajstić information content (AvgIpc) is 2.46. The van der Waals surface area contributed by atoms with Crippen molar-refractivity contribution < 1.29 is 25.9 Å². The lowest BCUT2D eigenvalue weighted by Crippen LogP contribution is -2.03. The highest BCUT2D eigenvalue weighted by atomic mass is 32.2. The van der Waals surface area contributed by atoms with Gasteiger partial charge in [0, 0.05) is 5.69 Å². The van der Waals surface area contributed by atoms with E-state index >= 15 is 0 Å². The van der Waals surface area contributed by atoms with Gasteiger partial charge in [-0.3, -0.25) is 9.11 Å². The van der Waals surface area contributed by atoms with Crippen molar-refractivity contribution in [2.75, 3.05) is 5.73 Å². The zero-order chi connectivity index (χ0) is 19.0. The van der Waals surface area contributed by atoms with Crippen LogP contribution in [0.2, 0.25) is 0 Å². The molecule has 0 spiro atoms. The number of anilines is 1. The second-order valence-corrected chi connectivity index (χ2v) is 8.33. The first kappa shape index (κ1) is 19.1. The number of rotatable bonds is 4. The Labute approximate surface area is 146 Å². The number of aryl methyl sites for hydroxylation is 2. The first-order valence-electron chi connectivity index (χ1n) is 7.03. The minimum atomic E-state index is -4.37. The van der Waals surface area contributed by atoms with E-state index in [0.717, 1.165) is 6.07 Å². The Kier molecular flexibility index (Phi) is 5.05. The summed E-state index contributed by atoms with van der Waals surface area (Å²) in [6.45, 7) is 3.08. The molecule has 0 heterocycles. The van der Waals surface area contributed by atoms with Gasteiger partial charge in [0.25, 0.3) is 20.2 Å². The number of hydrogen-bond acceptors (Lipinski definition) is 5. The Morgan fingerprint density at radius 2 is 1.40 bits per heavy atom. The highest BCUT2D eigenvalue weighted by Crippen LogP contribution is 2.25. The molecule has 0 aliphatic carbocycles. The highest BCUT2D eigenvalue weighted by Gasteiger charge is 2.15. The summed E-state index contributed by atoms with van der Waals surface area (Å²) >= 11 is 0. The van der Waals surface area contributed by atoms with E-state index in [-0.39, 0.29) is 15.5 Å². The van der Waals surface area contributed by atoms with Gasteiger partial charge in [-0.2, -0.15) is 16.8 Å². The van der Waals surface area contributed by atoms with E-state index in [9.17, 15) is 21.4 Å². The molecule has 0 saturated carbocycles. The molecule has 0 radical (unpaired) electrons. The van der Waals surface area contributed by atoms with Gasteiger partial charge < -0.3 is 5.73 Å². The number of nitrogens with two attached hydrogens (primary N) is 1. The van der Waals surface area contributed by atoms with Crippen LogP contribution in [0.4, 0.5) is 5.69 Å². The van der Waals surface area contributed by atoms with Gasteiger partial charge >= 0.3 is 0 Å². The summed E-state index contributed by atoms with van der Waals surface area (Å²) in [4.78, 5) is -0.466. The van der Waals surface area contributed by atoms with Crippen LogP contribution in [-0.4, -0.2) is 25.9 Å². The second-order valence-electron chi connectivity index (χ2n) is 5.56. The van der Waals surface area contributed by atoms with Crippen molar-refractivity contribution >= 4 is 38.1 Å². The Hall–Kier alpha value is -2.20. The third kappa shape index (κ3) is 4.45. The summed E-state index contributed by atoms with van der Waals surface area (Å²) in [5, 5.41) is 0. The lowest BCUT2D eigenvalue weighted by molar-refractivity contribution is 0.480. The molecule has 2 rings (SSSR count). The minimum Gasteiger partial charge on any atom is -0.398 e. The van der Waals surface area contributed by atoms with Crippen molar-refractivity contribution in [2.24, 2.45) is 0 Å². The second kappa shape index (κ2) is 6.60. The van der Waals surface area contributed by atoms with Crippen molar-refractivity contribution in [1.82, 2.24) is 0 Å². The van der Waals surface area contributed by atoms with Crippen LogP contribution in [0.25, 0.3) is 12.2 Å². The first-order valence-corrected chi connectivity index (χ1v) is 9.91. The lowest BCUT2D eigenvalue weighted by Gasteiger charge is -2.08. The van der Waals surface area contributed by atoms with Gasteiger partial charge in [0.05, 0.1) is 9.79 Å². The quantitative estimate of drug-likeness (QED) is 0.419. The Balaban J connectivity index is 2.46. The van der Waals surface area contributed by atoms with E-state index < -0.39 is 20.2 Å². The van der Waals surface area contributed by atoms with Crippen molar-refractivity contribution in [3.63, 3.8) is 0 Å². The van der Waals surface area contributed by atoms with Crippen LogP contribution < -0.4 is 5.73 Å². The van der Waals surface area contributed by atoms with Gasteiger partial charge in [-0.15, -0.1) is 0 Å².